The Morgan fingerprint density at radius 3 is 2.70 bits per heavy atom. The summed E-state index contributed by atoms with van der Waals surface area (Å²) in [5.74, 6) is 0.772. The third kappa shape index (κ3) is 4.42. The number of para-hydroxylation sites is 1. The summed E-state index contributed by atoms with van der Waals surface area (Å²) in [6.45, 7) is 2.52. The number of likely N-dealkylation sites (N-methyl/N-ethyl adjacent to an activating group) is 1. The Labute approximate surface area is 161 Å². The normalized spacial score (nSPS) is 19.4. The molecule has 3 rings (SSSR count). The number of aliphatic hydroxyl groups is 1. The van der Waals surface area contributed by atoms with E-state index in [4.69, 9.17) is 4.74 Å². The third-order valence-corrected chi connectivity index (χ3v) is 5.25. The number of hydrogen-bond donors (Lipinski definition) is 2. The highest BCUT2D eigenvalue weighted by Crippen LogP contribution is 2.31. The van der Waals surface area contributed by atoms with Gasteiger partial charge in [-0.2, -0.15) is 0 Å². The topological polar surface area (TPSA) is 61.8 Å². The molecule has 5 nitrogen and oxygen atoms in total. The first kappa shape index (κ1) is 19.2. The van der Waals surface area contributed by atoms with E-state index in [1.54, 1.807) is 12.0 Å². The number of carbonyl (C=O) groups excluding carboxylic acids is 1. The summed E-state index contributed by atoms with van der Waals surface area (Å²) in [5.41, 5.74) is 2.66. The average molecular weight is 368 g/mol. The van der Waals surface area contributed by atoms with E-state index < -0.39 is 6.10 Å². The minimum absolute atomic E-state index is 0.118. The first-order valence-corrected chi connectivity index (χ1v) is 9.63. The summed E-state index contributed by atoms with van der Waals surface area (Å²) in [6.07, 6.45) is 3.23. The van der Waals surface area contributed by atoms with Gasteiger partial charge >= 0.3 is 6.03 Å². The molecule has 5 heteroatoms. The lowest BCUT2D eigenvalue weighted by molar-refractivity contribution is 0.0416. The van der Waals surface area contributed by atoms with Crippen LogP contribution in [-0.2, 0) is 0 Å². The second-order valence-electron chi connectivity index (χ2n) is 6.91. The molecule has 0 unspecified atom stereocenters. The molecule has 2 aromatic rings. The quantitative estimate of drug-likeness (QED) is 0.816. The molecule has 0 spiro atoms. The number of nitrogens with zero attached hydrogens (tertiary/aromatic N) is 1. The highest BCUT2D eigenvalue weighted by molar-refractivity contribution is 5.94. The molecule has 1 aliphatic carbocycles. The summed E-state index contributed by atoms with van der Waals surface area (Å²) in [4.78, 5) is 14.7. The Balaban J connectivity index is 1.83. The Morgan fingerprint density at radius 2 is 1.96 bits per heavy atom. The highest BCUT2D eigenvalue weighted by Gasteiger charge is 2.31. The number of ether oxygens (including phenoxy) is 1. The molecule has 0 bridgehead atoms. The lowest BCUT2D eigenvalue weighted by atomic mass is 9.91. The second-order valence-corrected chi connectivity index (χ2v) is 6.91. The molecule has 27 heavy (non-hydrogen) atoms. The van der Waals surface area contributed by atoms with Crippen molar-refractivity contribution in [1.82, 2.24) is 4.90 Å². The van der Waals surface area contributed by atoms with Gasteiger partial charge in [-0.25, -0.2) is 4.79 Å². The number of urea groups is 1. The minimum atomic E-state index is -0.446. The Kier molecular flexibility index (Phi) is 6.35. The molecule has 1 saturated carbocycles. The lowest BCUT2D eigenvalue weighted by Gasteiger charge is -2.37. The van der Waals surface area contributed by atoms with Gasteiger partial charge in [0.15, 0.2) is 0 Å². The zero-order valence-electron chi connectivity index (χ0n) is 16.0. The van der Waals surface area contributed by atoms with E-state index >= 15 is 0 Å². The zero-order chi connectivity index (χ0) is 19.2. The van der Waals surface area contributed by atoms with Crippen LogP contribution >= 0.6 is 0 Å². The van der Waals surface area contributed by atoms with Gasteiger partial charge < -0.3 is 20.1 Å². The molecule has 0 aromatic heterocycles. The maximum absolute atomic E-state index is 13.0. The first-order chi connectivity index (χ1) is 13.1. The molecule has 2 aromatic carbocycles. The molecule has 144 valence electrons. The van der Waals surface area contributed by atoms with Crippen LogP contribution in [0.3, 0.4) is 0 Å². The summed E-state index contributed by atoms with van der Waals surface area (Å²) in [7, 11) is 1.64. The molecule has 2 amide bonds. The fourth-order valence-electron chi connectivity index (χ4n) is 3.81. The molecular formula is C22H28N2O3. The predicted octanol–water partition coefficient (Wildman–Crippen LogP) is 4.52. The van der Waals surface area contributed by atoms with Crippen molar-refractivity contribution < 1.29 is 14.6 Å². The van der Waals surface area contributed by atoms with Crippen molar-refractivity contribution in [1.29, 1.82) is 0 Å². The Morgan fingerprint density at radius 1 is 1.19 bits per heavy atom. The van der Waals surface area contributed by atoms with Gasteiger partial charge in [-0.15, -0.1) is 0 Å². The maximum Gasteiger partial charge on any atom is 0.322 e. The number of carbonyl (C=O) groups is 1. The summed E-state index contributed by atoms with van der Waals surface area (Å²) in [6, 6.07) is 15.2. The number of benzene rings is 2. The monoisotopic (exact) mass is 368 g/mol. The Bertz CT molecular complexity index is 778. The summed E-state index contributed by atoms with van der Waals surface area (Å²) < 4.78 is 5.32. The number of nitrogens with one attached hydrogen (secondary N) is 1. The second kappa shape index (κ2) is 8.91. The third-order valence-electron chi connectivity index (χ3n) is 5.25. The Hall–Kier alpha value is -2.53. The van der Waals surface area contributed by atoms with E-state index in [9.17, 15) is 9.90 Å². The largest absolute Gasteiger partial charge is 0.497 e. The van der Waals surface area contributed by atoms with E-state index in [-0.39, 0.29) is 12.1 Å². The van der Waals surface area contributed by atoms with Crippen LogP contribution in [0.2, 0.25) is 0 Å². The fourth-order valence-corrected chi connectivity index (χ4v) is 3.81. The molecule has 1 fully saturated rings. The SMILES string of the molecule is CCN(C(=O)Nc1ccccc1-c1cccc(OC)c1)[C@@H]1CCCC[C@H]1O. The van der Waals surface area contributed by atoms with Crippen molar-refractivity contribution in [3.8, 4) is 16.9 Å². The van der Waals surface area contributed by atoms with Gasteiger partial charge in [0.1, 0.15) is 5.75 Å². The molecule has 0 aliphatic heterocycles. The molecular weight excluding hydrogens is 340 g/mol. The van der Waals surface area contributed by atoms with Crippen molar-refractivity contribution in [3.63, 3.8) is 0 Å². The minimum Gasteiger partial charge on any atom is -0.497 e. The molecule has 0 heterocycles. The van der Waals surface area contributed by atoms with E-state index in [1.807, 2.05) is 55.5 Å². The average Bonchev–Trinajstić information content (AvgIpc) is 2.70. The maximum atomic E-state index is 13.0. The predicted molar refractivity (Wildman–Crippen MR) is 108 cm³/mol. The fraction of sp³-hybridized carbons (Fsp3) is 0.409. The summed E-state index contributed by atoms with van der Waals surface area (Å²) >= 11 is 0. The van der Waals surface area contributed by atoms with E-state index in [2.05, 4.69) is 5.32 Å². The van der Waals surface area contributed by atoms with Crippen LogP contribution in [-0.4, -0.2) is 41.8 Å². The lowest BCUT2D eigenvalue weighted by Crippen LogP contribution is -2.50. The van der Waals surface area contributed by atoms with Gasteiger partial charge in [-0.3, -0.25) is 0 Å². The summed E-state index contributed by atoms with van der Waals surface area (Å²) in [5, 5.41) is 13.4. The standard InChI is InChI=1S/C22H28N2O3/c1-3-24(20-13-6-7-14-21(20)25)22(26)23-19-12-5-4-11-18(19)16-9-8-10-17(15-16)27-2/h4-5,8-12,15,20-21,25H,3,6-7,13-14H2,1-2H3,(H,23,26)/t20-,21-/m1/s1. The van der Waals surface area contributed by atoms with Crippen LogP contribution in [0.15, 0.2) is 48.5 Å². The molecule has 2 atom stereocenters. The van der Waals surface area contributed by atoms with Gasteiger partial charge in [-0.1, -0.05) is 43.2 Å². The molecule has 0 radical (unpaired) electrons. The molecule has 0 saturated heterocycles. The number of hydrogen-bond acceptors (Lipinski definition) is 3. The van der Waals surface area contributed by atoms with Gasteiger partial charge in [0.05, 0.1) is 24.9 Å². The van der Waals surface area contributed by atoms with E-state index in [0.717, 1.165) is 48.2 Å². The first-order valence-electron chi connectivity index (χ1n) is 9.63. The van der Waals surface area contributed by atoms with Crippen molar-refractivity contribution in [2.24, 2.45) is 0 Å². The van der Waals surface area contributed by atoms with Crippen LogP contribution in [0.25, 0.3) is 11.1 Å². The van der Waals surface area contributed by atoms with E-state index in [1.165, 1.54) is 0 Å². The van der Waals surface area contributed by atoms with Crippen LogP contribution in [0, 0.1) is 0 Å². The van der Waals surface area contributed by atoms with Crippen LogP contribution in [0.4, 0.5) is 10.5 Å². The number of methoxy groups -OCH3 is 1. The van der Waals surface area contributed by atoms with Gasteiger partial charge in [0, 0.05) is 12.1 Å². The smallest absolute Gasteiger partial charge is 0.322 e. The van der Waals surface area contributed by atoms with Crippen molar-refractivity contribution in [2.45, 2.75) is 44.8 Å². The van der Waals surface area contributed by atoms with Crippen molar-refractivity contribution in [3.05, 3.63) is 48.5 Å². The molecule has 2 N–H and O–H groups in total. The van der Waals surface area contributed by atoms with Gasteiger partial charge in [-0.05, 0) is 43.5 Å². The number of anilines is 1. The highest BCUT2D eigenvalue weighted by atomic mass is 16.5. The number of rotatable bonds is 5. The molecule has 1 aliphatic rings. The van der Waals surface area contributed by atoms with E-state index in [0.29, 0.717) is 6.54 Å². The van der Waals surface area contributed by atoms with Crippen LogP contribution in [0.5, 0.6) is 5.75 Å². The van der Waals surface area contributed by atoms with Gasteiger partial charge in [0.25, 0.3) is 0 Å². The zero-order valence-corrected chi connectivity index (χ0v) is 16.0. The number of aliphatic hydroxyl groups excluding tert-OH is 1. The van der Waals surface area contributed by atoms with Gasteiger partial charge in [0.2, 0.25) is 0 Å². The van der Waals surface area contributed by atoms with Crippen LogP contribution in [0.1, 0.15) is 32.6 Å². The number of amides is 2. The van der Waals surface area contributed by atoms with Crippen molar-refractivity contribution >= 4 is 11.7 Å². The van der Waals surface area contributed by atoms with Crippen molar-refractivity contribution in [2.75, 3.05) is 19.0 Å². The van der Waals surface area contributed by atoms with Crippen LogP contribution < -0.4 is 10.1 Å².